The van der Waals surface area contributed by atoms with Gasteiger partial charge in [0.25, 0.3) is 0 Å². The molecule has 94 valence electrons. The number of rotatable bonds is 4. The third kappa shape index (κ3) is 2.41. The molecule has 0 aliphatic heterocycles. The Labute approximate surface area is 103 Å². The normalized spacial score (nSPS) is 15.0. The number of halogens is 2. The quantitative estimate of drug-likeness (QED) is 0.901. The summed E-state index contributed by atoms with van der Waals surface area (Å²) in [4.78, 5) is 4.23. The first-order valence-electron chi connectivity index (χ1n) is 5.94. The minimum atomic E-state index is -0.848. The first kappa shape index (κ1) is 11.3. The summed E-state index contributed by atoms with van der Waals surface area (Å²) in [6, 6.07) is 4.43. The van der Waals surface area contributed by atoms with Crippen LogP contribution in [0.25, 0.3) is 5.69 Å². The van der Waals surface area contributed by atoms with Crippen LogP contribution in [0.4, 0.5) is 8.78 Å². The molecule has 1 aromatic carbocycles. The average Bonchev–Trinajstić information content (AvgIpc) is 3.08. The van der Waals surface area contributed by atoms with Crippen molar-refractivity contribution in [1.29, 1.82) is 0 Å². The Morgan fingerprint density at radius 1 is 1.28 bits per heavy atom. The lowest BCUT2D eigenvalue weighted by atomic mass is 10.3. The predicted molar refractivity (Wildman–Crippen MR) is 63.3 cm³/mol. The molecule has 0 spiro atoms. The van der Waals surface area contributed by atoms with Crippen molar-refractivity contribution in [1.82, 2.24) is 14.9 Å². The van der Waals surface area contributed by atoms with E-state index in [1.165, 1.54) is 18.9 Å². The fraction of sp³-hybridized carbons (Fsp3) is 0.308. The number of hydrogen-bond acceptors (Lipinski definition) is 2. The number of imidazole rings is 1. The van der Waals surface area contributed by atoms with E-state index in [9.17, 15) is 8.78 Å². The Morgan fingerprint density at radius 2 is 2.11 bits per heavy atom. The standard InChI is InChI=1S/C13H13F2N3/c14-12-4-3-11(5-13(12)15)18-7-10(17-8-18)6-16-9-1-2-9/h3-5,7-9,16H,1-2,6H2. The molecule has 2 aromatic rings. The molecule has 1 fully saturated rings. The molecular weight excluding hydrogens is 236 g/mol. The molecule has 3 nitrogen and oxygen atoms in total. The van der Waals surface area contributed by atoms with Gasteiger partial charge in [-0.05, 0) is 25.0 Å². The van der Waals surface area contributed by atoms with E-state index in [2.05, 4.69) is 10.3 Å². The van der Waals surface area contributed by atoms with Gasteiger partial charge < -0.3 is 9.88 Å². The van der Waals surface area contributed by atoms with Crippen LogP contribution in [0.3, 0.4) is 0 Å². The molecule has 0 amide bonds. The van der Waals surface area contributed by atoms with Crippen LogP contribution >= 0.6 is 0 Å². The molecule has 5 heteroatoms. The van der Waals surface area contributed by atoms with E-state index in [0.717, 1.165) is 17.8 Å². The van der Waals surface area contributed by atoms with Gasteiger partial charge in [-0.1, -0.05) is 0 Å². The SMILES string of the molecule is Fc1ccc(-n2cnc(CNC3CC3)c2)cc1F. The summed E-state index contributed by atoms with van der Waals surface area (Å²) in [5, 5.41) is 3.35. The number of hydrogen-bond donors (Lipinski definition) is 1. The monoisotopic (exact) mass is 249 g/mol. The molecule has 0 radical (unpaired) electrons. The Kier molecular flexibility index (Phi) is 2.83. The van der Waals surface area contributed by atoms with E-state index in [1.807, 2.05) is 6.20 Å². The van der Waals surface area contributed by atoms with Crippen LogP contribution in [0.1, 0.15) is 18.5 Å². The highest BCUT2D eigenvalue weighted by molar-refractivity contribution is 5.33. The van der Waals surface area contributed by atoms with E-state index >= 15 is 0 Å². The molecule has 1 heterocycles. The zero-order chi connectivity index (χ0) is 12.5. The molecule has 1 aliphatic carbocycles. The summed E-state index contributed by atoms with van der Waals surface area (Å²) in [5.74, 6) is -1.69. The molecule has 1 saturated carbocycles. The molecule has 18 heavy (non-hydrogen) atoms. The number of aromatic nitrogens is 2. The van der Waals surface area contributed by atoms with Crippen LogP contribution in [-0.2, 0) is 6.54 Å². The molecule has 3 rings (SSSR count). The van der Waals surface area contributed by atoms with Crippen LogP contribution in [0, 0.1) is 11.6 Å². The van der Waals surface area contributed by atoms with Gasteiger partial charge in [0.05, 0.1) is 12.0 Å². The lowest BCUT2D eigenvalue weighted by Gasteiger charge is -2.02. The second-order valence-electron chi connectivity index (χ2n) is 4.53. The molecule has 0 saturated heterocycles. The molecular formula is C13H13F2N3. The zero-order valence-corrected chi connectivity index (χ0v) is 9.74. The highest BCUT2D eigenvalue weighted by Crippen LogP contribution is 2.19. The molecule has 0 unspecified atom stereocenters. The van der Waals surface area contributed by atoms with Gasteiger partial charge in [0.2, 0.25) is 0 Å². The maximum absolute atomic E-state index is 13.1. The van der Waals surface area contributed by atoms with Crippen LogP contribution in [0.15, 0.2) is 30.7 Å². The maximum Gasteiger partial charge on any atom is 0.160 e. The van der Waals surface area contributed by atoms with Crippen molar-refractivity contribution in [3.8, 4) is 5.69 Å². The lowest BCUT2D eigenvalue weighted by Crippen LogP contribution is -2.15. The Hall–Kier alpha value is -1.75. The fourth-order valence-corrected chi connectivity index (χ4v) is 1.78. The van der Waals surface area contributed by atoms with Gasteiger partial charge in [0, 0.05) is 30.5 Å². The van der Waals surface area contributed by atoms with Gasteiger partial charge in [-0.15, -0.1) is 0 Å². The van der Waals surface area contributed by atoms with Crippen LogP contribution in [-0.4, -0.2) is 15.6 Å². The van der Waals surface area contributed by atoms with E-state index < -0.39 is 11.6 Å². The largest absolute Gasteiger partial charge is 0.308 e. The van der Waals surface area contributed by atoms with Crippen molar-refractivity contribution in [2.75, 3.05) is 0 Å². The summed E-state index contributed by atoms with van der Waals surface area (Å²) in [7, 11) is 0. The van der Waals surface area contributed by atoms with Gasteiger partial charge in [0.15, 0.2) is 11.6 Å². The topological polar surface area (TPSA) is 29.9 Å². The highest BCUT2D eigenvalue weighted by atomic mass is 19.2. The minimum absolute atomic E-state index is 0.569. The predicted octanol–water partition coefficient (Wildman–Crippen LogP) is 2.40. The van der Waals surface area contributed by atoms with E-state index in [4.69, 9.17) is 0 Å². The van der Waals surface area contributed by atoms with Crippen LogP contribution in [0.5, 0.6) is 0 Å². The van der Waals surface area contributed by atoms with Crippen LogP contribution < -0.4 is 5.32 Å². The zero-order valence-electron chi connectivity index (χ0n) is 9.74. The van der Waals surface area contributed by atoms with Crippen molar-refractivity contribution in [2.24, 2.45) is 0 Å². The molecule has 0 atom stereocenters. The molecule has 1 N–H and O–H groups in total. The van der Waals surface area contributed by atoms with Crippen molar-refractivity contribution in [3.63, 3.8) is 0 Å². The fourth-order valence-electron chi connectivity index (χ4n) is 1.78. The first-order chi connectivity index (χ1) is 8.72. The van der Waals surface area contributed by atoms with E-state index in [0.29, 0.717) is 18.3 Å². The van der Waals surface area contributed by atoms with Crippen LogP contribution in [0.2, 0.25) is 0 Å². The summed E-state index contributed by atoms with van der Waals surface area (Å²) in [6.45, 7) is 0.710. The number of nitrogens with one attached hydrogen (secondary N) is 1. The van der Waals surface area contributed by atoms with Gasteiger partial charge in [0.1, 0.15) is 0 Å². The summed E-state index contributed by atoms with van der Waals surface area (Å²) in [5.41, 5.74) is 1.46. The first-order valence-corrected chi connectivity index (χ1v) is 5.94. The van der Waals surface area contributed by atoms with Gasteiger partial charge >= 0.3 is 0 Å². The third-order valence-electron chi connectivity index (χ3n) is 2.99. The highest BCUT2D eigenvalue weighted by Gasteiger charge is 2.20. The molecule has 1 aromatic heterocycles. The van der Waals surface area contributed by atoms with Crippen molar-refractivity contribution in [3.05, 3.63) is 48.1 Å². The maximum atomic E-state index is 13.1. The Morgan fingerprint density at radius 3 is 2.83 bits per heavy atom. The summed E-state index contributed by atoms with van der Waals surface area (Å²) in [6.07, 6.45) is 5.88. The average molecular weight is 249 g/mol. The second kappa shape index (κ2) is 4.49. The Bertz CT molecular complexity index is 561. The minimum Gasteiger partial charge on any atom is -0.308 e. The van der Waals surface area contributed by atoms with Crippen molar-refractivity contribution in [2.45, 2.75) is 25.4 Å². The van der Waals surface area contributed by atoms with Crippen molar-refractivity contribution >= 4 is 0 Å². The van der Waals surface area contributed by atoms with E-state index in [1.54, 1.807) is 10.9 Å². The third-order valence-corrected chi connectivity index (χ3v) is 2.99. The summed E-state index contributed by atoms with van der Waals surface area (Å²) < 4.78 is 27.6. The number of benzene rings is 1. The number of nitrogens with zero attached hydrogens (tertiary/aromatic N) is 2. The molecule has 1 aliphatic rings. The van der Waals surface area contributed by atoms with Gasteiger partial charge in [-0.3, -0.25) is 0 Å². The van der Waals surface area contributed by atoms with Crippen molar-refractivity contribution < 1.29 is 8.78 Å². The van der Waals surface area contributed by atoms with E-state index in [-0.39, 0.29) is 0 Å². The second-order valence-corrected chi connectivity index (χ2v) is 4.53. The lowest BCUT2D eigenvalue weighted by molar-refractivity contribution is 0.508. The molecule has 0 bridgehead atoms. The van der Waals surface area contributed by atoms with Gasteiger partial charge in [-0.25, -0.2) is 13.8 Å². The van der Waals surface area contributed by atoms with Gasteiger partial charge in [-0.2, -0.15) is 0 Å². The Balaban J connectivity index is 1.76. The summed E-state index contributed by atoms with van der Waals surface area (Å²) >= 11 is 0. The smallest absolute Gasteiger partial charge is 0.160 e.